The quantitative estimate of drug-likeness (QED) is 0.693. The molecule has 0 aromatic rings. The summed E-state index contributed by atoms with van der Waals surface area (Å²) in [5, 5.41) is 3.23. The van der Waals surface area contributed by atoms with Crippen LogP contribution < -0.4 is 5.32 Å². The zero-order valence-corrected chi connectivity index (χ0v) is 8.42. The van der Waals surface area contributed by atoms with Crippen molar-refractivity contribution in [3.05, 3.63) is 0 Å². The first-order chi connectivity index (χ1) is 6.22. The van der Waals surface area contributed by atoms with E-state index in [1.807, 2.05) is 7.05 Å². The van der Waals surface area contributed by atoms with E-state index in [9.17, 15) is 4.79 Å². The number of likely N-dealkylation sites (tertiary alicyclic amines) is 1. The predicted octanol–water partition coefficient (Wildman–Crippen LogP) is 0.605. The number of hydrogen-bond acceptors (Lipinski definition) is 2. The summed E-state index contributed by atoms with van der Waals surface area (Å²) in [5.41, 5.74) is 0. The van der Waals surface area contributed by atoms with Gasteiger partial charge in [-0.2, -0.15) is 0 Å². The Labute approximate surface area is 79.5 Å². The molecule has 0 aromatic heterocycles. The van der Waals surface area contributed by atoms with Crippen LogP contribution in [0, 0.1) is 5.92 Å². The van der Waals surface area contributed by atoms with E-state index in [-0.39, 0.29) is 0 Å². The Morgan fingerprint density at radius 1 is 1.54 bits per heavy atom. The molecule has 0 aromatic carbocycles. The summed E-state index contributed by atoms with van der Waals surface area (Å²) >= 11 is 0. The Balaban J connectivity index is 1.93. The van der Waals surface area contributed by atoms with Gasteiger partial charge in [-0.1, -0.05) is 0 Å². The molecule has 13 heavy (non-hydrogen) atoms. The van der Waals surface area contributed by atoms with Crippen molar-refractivity contribution in [1.82, 2.24) is 10.2 Å². The van der Waals surface area contributed by atoms with Gasteiger partial charge < -0.3 is 10.2 Å². The van der Waals surface area contributed by atoms with Crippen molar-refractivity contribution in [2.45, 2.75) is 38.3 Å². The molecule has 1 saturated heterocycles. The van der Waals surface area contributed by atoms with Crippen molar-refractivity contribution in [3.63, 3.8) is 0 Å². The molecule has 1 heterocycles. The third-order valence-electron chi connectivity index (χ3n) is 3.34. The molecule has 74 valence electrons. The summed E-state index contributed by atoms with van der Waals surface area (Å²) in [6.45, 7) is 3.14. The van der Waals surface area contributed by atoms with Crippen molar-refractivity contribution >= 4 is 5.91 Å². The highest BCUT2D eigenvalue weighted by Crippen LogP contribution is 2.33. The van der Waals surface area contributed by atoms with E-state index in [0.29, 0.717) is 23.9 Å². The maximum atomic E-state index is 11.6. The van der Waals surface area contributed by atoms with Crippen LogP contribution in [0.4, 0.5) is 0 Å². The molecule has 1 aliphatic heterocycles. The first-order valence-corrected chi connectivity index (χ1v) is 5.19. The smallest absolute Gasteiger partial charge is 0.223 e. The van der Waals surface area contributed by atoms with Gasteiger partial charge in [0.1, 0.15) is 0 Å². The second kappa shape index (κ2) is 3.29. The van der Waals surface area contributed by atoms with Gasteiger partial charge in [0.25, 0.3) is 0 Å². The van der Waals surface area contributed by atoms with Crippen molar-refractivity contribution in [1.29, 1.82) is 0 Å². The average molecular weight is 182 g/mol. The van der Waals surface area contributed by atoms with E-state index in [1.165, 1.54) is 12.8 Å². The van der Waals surface area contributed by atoms with Gasteiger partial charge in [0.05, 0.1) is 0 Å². The van der Waals surface area contributed by atoms with E-state index < -0.39 is 0 Å². The van der Waals surface area contributed by atoms with Crippen LogP contribution in [-0.4, -0.2) is 36.5 Å². The van der Waals surface area contributed by atoms with Crippen LogP contribution in [0.15, 0.2) is 0 Å². The third-order valence-corrected chi connectivity index (χ3v) is 3.34. The summed E-state index contributed by atoms with van der Waals surface area (Å²) in [6, 6.07) is 1.06. The van der Waals surface area contributed by atoms with E-state index >= 15 is 0 Å². The minimum atomic E-state index is 0.370. The van der Waals surface area contributed by atoms with Gasteiger partial charge in [0, 0.05) is 31.0 Å². The van der Waals surface area contributed by atoms with Crippen LogP contribution in [-0.2, 0) is 4.79 Å². The molecule has 1 aliphatic carbocycles. The largest absolute Gasteiger partial charge is 0.339 e. The molecule has 0 radical (unpaired) electrons. The van der Waals surface area contributed by atoms with Crippen molar-refractivity contribution in [2.24, 2.45) is 5.92 Å². The lowest BCUT2D eigenvalue weighted by Gasteiger charge is -2.19. The highest BCUT2D eigenvalue weighted by molar-refractivity contribution is 5.79. The lowest BCUT2D eigenvalue weighted by molar-refractivity contribution is -0.128. The summed E-state index contributed by atoms with van der Waals surface area (Å²) < 4.78 is 0. The molecule has 2 fully saturated rings. The Morgan fingerprint density at radius 3 is 2.77 bits per heavy atom. The first-order valence-electron chi connectivity index (χ1n) is 5.19. The monoisotopic (exact) mass is 182 g/mol. The SMILES string of the molecule is CNC(C)C1CC(=O)N(C2CC2)C1. The number of rotatable bonds is 3. The molecule has 0 spiro atoms. The topological polar surface area (TPSA) is 32.3 Å². The number of nitrogens with zero attached hydrogens (tertiary/aromatic N) is 1. The highest BCUT2D eigenvalue weighted by Gasteiger charge is 2.40. The zero-order valence-electron chi connectivity index (χ0n) is 8.42. The van der Waals surface area contributed by atoms with Crippen molar-refractivity contribution < 1.29 is 4.79 Å². The minimum Gasteiger partial charge on any atom is -0.339 e. The molecule has 1 N–H and O–H groups in total. The van der Waals surface area contributed by atoms with Crippen LogP contribution in [0.2, 0.25) is 0 Å². The third kappa shape index (κ3) is 1.70. The van der Waals surface area contributed by atoms with Crippen LogP contribution in [0.3, 0.4) is 0 Å². The lowest BCUT2D eigenvalue weighted by Crippen LogP contribution is -2.33. The molecular weight excluding hydrogens is 164 g/mol. The summed E-state index contributed by atoms with van der Waals surface area (Å²) in [5.74, 6) is 0.896. The fraction of sp³-hybridized carbons (Fsp3) is 0.900. The second-order valence-electron chi connectivity index (χ2n) is 4.32. The molecule has 1 saturated carbocycles. The number of hydrogen-bond donors (Lipinski definition) is 1. The van der Waals surface area contributed by atoms with Crippen molar-refractivity contribution in [2.75, 3.05) is 13.6 Å². The minimum absolute atomic E-state index is 0.370. The van der Waals surface area contributed by atoms with E-state index in [0.717, 1.165) is 13.0 Å². The fourth-order valence-corrected chi connectivity index (χ4v) is 2.07. The summed E-state index contributed by atoms with van der Waals surface area (Å²) in [6.07, 6.45) is 3.21. The Bertz CT molecular complexity index is 213. The van der Waals surface area contributed by atoms with Crippen LogP contribution in [0.5, 0.6) is 0 Å². The van der Waals surface area contributed by atoms with Gasteiger partial charge in [0.15, 0.2) is 0 Å². The Morgan fingerprint density at radius 2 is 2.23 bits per heavy atom. The zero-order chi connectivity index (χ0) is 9.42. The number of carbonyl (C=O) groups is 1. The second-order valence-corrected chi connectivity index (χ2v) is 4.32. The molecule has 1 amide bonds. The van der Waals surface area contributed by atoms with Gasteiger partial charge >= 0.3 is 0 Å². The molecule has 3 nitrogen and oxygen atoms in total. The molecule has 2 aliphatic rings. The Kier molecular flexibility index (Phi) is 2.28. The highest BCUT2D eigenvalue weighted by atomic mass is 16.2. The van der Waals surface area contributed by atoms with Crippen LogP contribution in [0.1, 0.15) is 26.2 Å². The maximum absolute atomic E-state index is 11.6. The van der Waals surface area contributed by atoms with Gasteiger partial charge in [-0.3, -0.25) is 4.79 Å². The fourth-order valence-electron chi connectivity index (χ4n) is 2.07. The molecule has 3 heteroatoms. The van der Waals surface area contributed by atoms with E-state index in [2.05, 4.69) is 17.1 Å². The van der Waals surface area contributed by atoms with Gasteiger partial charge in [0.2, 0.25) is 5.91 Å². The van der Waals surface area contributed by atoms with Crippen molar-refractivity contribution in [3.8, 4) is 0 Å². The molecule has 0 bridgehead atoms. The molecule has 2 unspecified atom stereocenters. The average Bonchev–Trinajstić information content (AvgIpc) is 2.89. The maximum Gasteiger partial charge on any atom is 0.223 e. The number of nitrogens with one attached hydrogen (secondary N) is 1. The van der Waals surface area contributed by atoms with Crippen LogP contribution >= 0.6 is 0 Å². The summed E-state index contributed by atoms with van der Waals surface area (Å²) in [7, 11) is 1.97. The standard InChI is InChI=1S/C10H18N2O/c1-7(11-2)8-5-10(13)12(6-8)9-3-4-9/h7-9,11H,3-6H2,1-2H3. The van der Waals surface area contributed by atoms with Crippen LogP contribution in [0.25, 0.3) is 0 Å². The summed E-state index contributed by atoms with van der Waals surface area (Å²) in [4.78, 5) is 13.7. The van der Waals surface area contributed by atoms with E-state index in [4.69, 9.17) is 0 Å². The Hall–Kier alpha value is -0.570. The van der Waals surface area contributed by atoms with Gasteiger partial charge in [-0.05, 0) is 26.8 Å². The first kappa shape index (κ1) is 9.00. The normalized spacial score (nSPS) is 31.1. The molecule has 2 atom stereocenters. The molecular formula is C10H18N2O. The predicted molar refractivity (Wildman–Crippen MR) is 51.4 cm³/mol. The number of carbonyl (C=O) groups excluding carboxylic acids is 1. The molecule has 2 rings (SSSR count). The van der Waals surface area contributed by atoms with E-state index in [1.54, 1.807) is 0 Å². The van der Waals surface area contributed by atoms with Gasteiger partial charge in [-0.25, -0.2) is 0 Å². The van der Waals surface area contributed by atoms with Gasteiger partial charge in [-0.15, -0.1) is 0 Å². The number of amides is 1. The lowest BCUT2D eigenvalue weighted by atomic mass is 10.0.